The second kappa shape index (κ2) is 7.33. The highest BCUT2D eigenvalue weighted by Gasteiger charge is 2.31. The second-order valence-corrected chi connectivity index (χ2v) is 8.68. The number of benzene rings is 4. The zero-order valence-corrected chi connectivity index (χ0v) is 18.0. The molecule has 1 aliphatic rings. The van der Waals surface area contributed by atoms with E-state index in [9.17, 15) is 0 Å². The normalized spacial score (nSPS) is 18.3. The summed E-state index contributed by atoms with van der Waals surface area (Å²) in [6.45, 7) is 4.23. The highest BCUT2D eigenvalue weighted by Crippen LogP contribution is 2.43. The van der Waals surface area contributed by atoms with Crippen molar-refractivity contribution in [3.8, 4) is 5.75 Å². The summed E-state index contributed by atoms with van der Waals surface area (Å²) in [6, 6.07) is 28.1. The number of aryl methyl sites for hydroxylation is 2. The van der Waals surface area contributed by atoms with Crippen LogP contribution in [-0.2, 0) is 0 Å². The van der Waals surface area contributed by atoms with Gasteiger partial charge >= 0.3 is 0 Å². The average molecular weight is 444 g/mol. The van der Waals surface area contributed by atoms with E-state index in [1.165, 1.54) is 33.0 Å². The average Bonchev–Trinajstić information content (AvgIpc) is 2.73. The van der Waals surface area contributed by atoms with Gasteiger partial charge in [0, 0.05) is 15.6 Å². The molecule has 0 saturated carbocycles. The molecule has 0 radical (unpaired) electrons. The molecule has 0 bridgehead atoms. The molecule has 4 aromatic rings. The molecule has 0 spiro atoms. The van der Waals surface area contributed by atoms with E-state index in [1.54, 1.807) is 0 Å². The molecule has 144 valence electrons. The molecule has 0 aliphatic carbocycles. The van der Waals surface area contributed by atoms with E-state index >= 15 is 0 Å². The number of fused-ring (bicyclic) bond motifs is 3. The number of ether oxygens (including phenoxy) is 1. The smallest absolute Gasteiger partial charge is 0.177 e. The van der Waals surface area contributed by atoms with E-state index in [0.717, 1.165) is 15.8 Å². The van der Waals surface area contributed by atoms with Gasteiger partial charge in [0.2, 0.25) is 0 Å². The Balaban J connectivity index is 1.68. The molecule has 2 nitrogen and oxygen atoms in total. The third kappa shape index (κ3) is 3.45. The summed E-state index contributed by atoms with van der Waals surface area (Å²) in [5.74, 6) is 0.940. The van der Waals surface area contributed by atoms with Crippen LogP contribution in [0.5, 0.6) is 5.75 Å². The van der Waals surface area contributed by atoms with Gasteiger partial charge in [0.25, 0.3) is 0 Å². The van der Waals surface area contributed by atoms with E-state index in [0.29, 0.717) is 0 Å². The fraction of sp³-hybridized carbons (Fsp3) is 0.154. The molecule has 3 heteroatoms. The summed E-state index contributed by atoms with van der Waals surface area (Å²) >= 11 is 3.60. The number of nitrogens with one attached hydrogen (secondary N) is 1. The van der Waals surface area contributed by atoms with Crippen LogP contribution in [0.1, 0.15) is 40.1 Å². The van der Waals surface area contributed by atoms with E-state index in [2.05, 4.69) is 114 Å². The summed E-state index contributed by atoms with van der Waals surface area (Å²) in [5.41, 5.74) is 6.08. The van der Waals surface area contributed by atoms with Crippen LogP contribution >= 0.6 is 15.9 Å². The Labute approximate surface area is 179 Å². The Morgan fingerprint density at radius 1 is 0.759 bits per heavy atom. The van der Waals surface area contributed by atoms with Gasteiger partial charge < -0.3 is 4.74 Å². The first-order valence-electron chi connectivity index (χ1n) is 9.86. The predicted molar refractivity (Wildman–Crippen MR) is 122 cm³/mol. The lowest BCUT2D eigenvalue weighted by atomic mass is 9.90. The van der Waals surface area contributed by atoms with Gasteiger partial charge in [-0.3, -0.25) is 5.32 Å². The van der Waals surface area contributed by atoms with Crippen molar-refractivity contribution in [2.24, 2.45) is 0 Å². The molecule has 1 heterocycles. The van der Waals surface area contributed by atoms with Gasteiger partial charge in [-0.25, -0.2) is 0 Å². The van der Waals surface area contributed by atoms with Crippen molar-refractivity contribution in [3.63, 3.8) is 0 Å². The molecule has 0 unspecified atom stereocenters. The van der Waals surface area contributed by atoms with E-state index in [1.807, 2.05) is 0 Å². The molecule has 4 aromatic carbocycles. The zero-order valence-electron chi connectivity index (χ0n) is 16.4. The lowest BCUT2D eigenvalue weighted by molar-refractivity contribution is 0.134. The van der Waals surface area contributed by atoms with Crippen LogP contribution in [-0.4, -0.2) is 0 Å². The van der Waals surface area contributed by atoms with Gasteiger partial charge in [-0.05, 0) is 48.4 Å². The maximum Gasteiger partial charge on any atom is 0.177 e. The van der Waals surface area contributed by atoms with E-state index in [-0.39, 0.29) is 12.3 Å². The van der Waals surface area contributed by atoms with Crippen LogP contribution in [0.15, 0.2) is 83.3 Å². The molecule has 0 fully saturated rings. The molecular formula is C26H22BrNO. The summed E-state index contributed by atoms with van der Waals surface area (Å²) in [6.07, 6.45) is -0.192. The Morgan fingerprint density at radius 3 is 2.10 bits per heavy atom. The predicted octanol–water partition coefficient (Wildman–Crippen LogP) is 6.99. The summed E-state index contributed by atoms with van der Waals surface area (Å²) in [7, 11) is 0. The van der Waals surface area contributed by atoms with Crippen molar-refractivity contribution in [3.05, 3.63) is 111 Å². The van der Waals surface area contributed by atoms with Gasteiger partial charge in [-0.2, -0.15) is 0 Å². The minimum absolute atomic E-state index is 0.0514. The lowest BCUT2D eigenvalue weighted by Crippen LogP contribution is -2.35. The highest BCUT2D eigenvalue weighted by molar-refractivity contribution is 9.10. The van der Waals surface area contributed by atoms with Crippen molar-refractivity contribution in [2.75, 3.05) is 0 Å². The second-order valence-electron chi connectivity index (χ2n) is 7.76. The zero-order chi connectivity index (χ0) is 20.0. The van der Waals surface area contributed by atoms with Crippen LogP contribution < -0.4 is 10.1 Å². The van der Waals surface area contributed by atoms with Crippen LogP contribution in [0.25, 0.3) is 10.8 Å². The molecule has 0 amide bonds. The lowest BCUT2D eigenvalue weighted by Gasteiger charge is -2.35. The Kier molecular flexibility index (Phi) is 4.65. The molecule has 2 atom stereocenters. The Hall–Kier alpha value is -2.62. The Morgan fingerprint density at radius 2 is 1.41 bits per heavy atom. The fourth-order valence-electron chi connectivity index (χ4n) is 4.03. The van der Waals surface area contributed by atoms with Crippen molar-refractivity contribution in [1.29, 1.82) is 0 Å². The van der Waals surface area contributed by atoms with Gasteiger partial charge in [0.15, 0.2) is 6.23 Å². The van der Waals surface area contributed by atoms with Gasteiger partial charge in [0.1, 0.15) is 5.75 Å². The van der Waals surface area contributed by atoms with Crippen LogP contribution in [0.3, 0.4) is 0 Å². The monoisotopic (exact) mass is 443 g/mol. The highest BCUT2D eigenvalue weighted by atomic mass is 79.9. The largest absolute Gasteiger partial charge is 0.471 e. The number of rotatable bonds is 2. The van der Waals surface area contributed by atoms with Crippen LogP contribution in [0, 0.1) is 13.8 Å². The number of hydrogen-bond donors (Lipinski definition) is 1. The summed E-state index contributed by atoms with van der Waals surface area (Å²) in [5, 5.41) is 6.17. The molecule has 1 aliphatic heterocycles. The molecular weight excluding hydrogens is 422 g/mol. The minimum Gasteiger partial charge on any atom is -0.471 e. The first-order chi connectivity index (χ1) is 14.1. The molecule has 0 aromatic heterocycles. The molecule has 1 N–H and O–H groups in total. The van der Waals surface area contributed by atoms with E-state index in [4.69, 9.17) is 4.74 Å². The SMILES string of the molecule is Cc1ccc([C@H]2N[C@H](c3ccc(C)cc3)Oc3ccc4cc(Br)ccc4c32)cc1. The quantitative estimate of drug-likeness (QED) is 0.360. The first-order valence-corrected chi connectivity index (χ1v) is 10.7. The van der Waals surface area contributed by atoms with Crippen molar-refractivity contribution >= 4 is 26.7 Å². The third-order valence-corrected chi connectivity index (χ3v) is 6.12. The molecule has 5 rings (SSSR count). The third-order valence-electron chi connectivity index (χ3n) is 5.63. The van der Waals surface area contributed by atoms with Crippen LogP contribution in [0.2, 0.25) is 0 Å². The van der Waals surface area contributed by atoms with Crippen LogP contribution in [0.4, 0.5) is 0 Å². The standard InChI is InChI=1S/C26H22BrNO/c1-16-3-7-18(8-4-16)25-24-22-13-12-21(27)15-20(22)11-14-23(24)29-26(28-25)19-9-5-17(2)6-10-19/h3-15,25-26,28H,1-2H3/t25-,26+/m1/s1. The van der Waals surface area contributed by atoms with Crippen molar-refractivity contribution < 1.29 is 4.74 Å². The maximum atomic E-state index is 6.45. The first kappa shape index (κ1) is 18.4. The minimum atomic E-state index is -0.192. The fourth-order valence-corrected chi connectivity index (χ4v) is 4.41. The Bertz CT molecular complexity index is 1180. The summed E-state index contributed by atoms with van der Waals surface area (Å²) < 4.78 is 7.53. The number of hydrogen-bond acceptors (Lipinski definition) is 2. The topological polar surface area (TPSA) is 21.3 Å². The van der Waals surface area contributed by atoms with Gasteiger partial charge in [-0.15, -0.1) is 0 Å². The maximum absolute atomic E-state index is 6.45. The van der Waals surface area contributed by atoms with Gasteiger partial charge in [-0.1, -0.05) is 87.7 Å². The molecule has 0 saturated heterocycles. The number of halogens is 1. The van der Waals surface area contributed by atoms with Crippen molar-refractivity contribution in [2.45, 2.75) is 26.1 Å². The molecule has 29 heavy (non-hydrogen) atoms. The summed E-state index contributed by atoms with van der Waals surface area (Å²) in [4.78, 5) is 0. The van der Waals surface area contributed by atoms with Gasteiger partial charge in [0.05, 0.1) is 6.04 Å². The van der Waals surface area contributed by atoms with Crippen molar-refractivity contribution in [1.82, 2.24) is 5.32 Å². The van der Waals surface area contributed by atoms with E-state index < -0.39 is 0 Å².